The Kier molecular flexibility index (Phi) is 6.12. The third-order valence-corrected chi connectivity index (χ3v) is 4.57. The van der Waals surface area contributed by atoms with E-state index in [9.17, 15) is 27.9 Å². The molecule has 0 spiro atoms. The van der Waals surface area contributed by atoms with Gasteiger partial charge in [0, 0.05) is 12.1 Å². The van der Waals surface area contributed by atoms with Crippen molar-refractivity contribution in [2.45, 2.75) is 19.0 Å². The van der Waals surface area contributed by atoms with Crippen LogP contribution in [0.4, 0.5) is 18.9 Å². The predicted octanol–water partition coefficient (Wildman–Crippen LogP) is 4.81. The molecule has 1 amide bonds. The van der Waals surface area contributed by atoms with Crippen LogP contribution in [-0.4, -0.2) is 26.8 Å². The van der Waals surface area contributed by atoms with Gasteiger partial charge in [0.05, 0.1) is 28.2 Å². The molecule has 1 heterocycles. The minimum absolute atomic E-state index is 0.0160. The zero-order valence-corrected chi connectivity index (χ0v) is 16.0. The molecule has 6 nitrogen and oxygen atoms in total. The average molecular weight is 438 g/mol. The topological polar surface area (TPSA) is 84.2 Å². The number of carbonyl (C=O) groups excluding carboxylic acids is 1. The van der Waals surface area contributed by atoms with Gasteiger partial charge in [0.1, 0.15) is 5.56 Å². The molecule has 10 heteroatoms. The molecular formula is C20H15ClF3N3O3. The number of nitrogens with zero attached hydrogens (tertiary/aromatic N) is 2. The molecular weight excluding hydrogens is 423 g/mol. The molecule has 0 aliphatic heterocycles. The van der Waals surface area contributed by atoms with Crippen molar-refractivity contribution in [2.75, 3.05) is 5.32 Å². The summed E-state index contributed by atoms with van der Waals surface area (Å²) in [6, 6.07) is 11.8. The highest BCUT2D eigenvalue weighted by atomic mass is 35.5. The summed E-state index contributed by atoms with van der Waals surface area (Å²) in [6.45, 7) is 0. The van der Waals surface area contributed by atoms with Gasteiger partial charge < -0.3 is 10.4 Å². The molecule has 0 radical (unpaired) electrons. The Labute approximate surface area is 173 Å². The summed E-state index contributed by atoms with van der Waals surface area (Å²) in [6.07, 6.45) is -3.61. The van der Waals surface area contributed by atoms with Crippen molar-refractivity contribution in [3.05, 3.63) is 76.6 Å². The lowest BCUT2D eigenvalue weighted by molar-refractivity contribution is -0.137. The Hall–Kier alpha value is -3.33. The van der Waals surface area contributed by atoms with E-state index < -0.39 is 28.6 Å². The molecule has 156 valence electrons. The Morgan fingerprint density at radius 3 is 2.47 bits per heavy atom. The van der Waals surface area contributed by atoms with Crippen molar-refractivity contribution in [1.29, 1.82) is 0 Å². The first-order chi connectivity index (χ1) is 14.2. The van der Waals surface area contributed by atoms with Gasteiger partial charge in [-0.2, -0.15) is 18.3 Å². The number of aromatic carboxylic acids is 1. The van der Waals surface area contributed by atoms with Crippen LogP contribution in [-0.2, 0) is 17.4 Å². The normalized spacial score (nSPS) is 11.3. The van der Waals surface area contributed by atoms with Gasteiger partial charge >= 0.3 is 12.1 Å². The number of carboxylic acids is 1. The van der Waals surface area contributed by atoms with Crippen LogP contribution in [0.5, 0.6) is 0 Å². The molecule has 0 aliphatic carbocycles. The number of halogens is 4. The monoisotopic (exact) mass is 437 g/mol. The van der Waals surface area contributed by atoms with E-state index in [0.29, 0.717) is 11.4 Å². The largest absolute Gasteiger partial charge is 0.478 e. The molecule has 0 saturated carbocycles. The van der Waals surface area contributed by atoms with Crippen LogP contribution in [0.1, 0.15) is 28.0 Å². The van der Waals surface area contributed by atoms with E-state index in [1.54, 1.807) is 30.3 Å². The fraction of sp³-hybridized carbons (Fsp3) is 0.150. The second kappa shape index (κ2) is 8.58. The van der Waals surface area contributed by atoms with Crippen LogP contribution < -0.4 is 5.32 Å². The average Bonchev–Trinajstić information content (AvgIpc) is 3.12. The van der Waals surface area contributed by atoms with E-state index in [2.05, 4.69) is 10.4 Å². The fourth-order valence-electron chi connectivity index (χ4n) is 2.86. The summed E-state index contributed by atoms with van der Waals surface area (Å²) in [7, 11) is 0. The second-order valence-corrected chi connectivity index (χ2v) is 6.71. The van der Waals surface area contributed by atoms with Crippen molar-refractivity contribution in [2.24, 2.45) is 0 Å². The zero-order chi connectivity index (χ0) is 21.9. The predicted molar refractivity (Wildman–Crippen MR) is 104 cm³/mol. The first-order valence-electron chi connectivity index (χ1n) is 8.69. The van der Waals surface area contributed by atoms with Crippen LogP contribution >= 0.6 is 11.6 Å². The maximum absolute atomic E-state index is 13.0. The van der Waals surface area contributed by atoms with Gasteiger partial charge in [0.25, 0.3) is 0 Å². The summed E-state index contributed by atoms with van der Waals surface area (Å²) in [5.74, 6) is -1.78. The van der Waals surface area contributed by atoms with Gasteiger partial charge in [-0.1, -0.05) is 29.8 Å². The Morgan fingerprint density at radius 1 is 1.13 bits per heavy atom. The van der Waals surface area contributed by atoms with Crippen molar-refractivity contribution >= 4 is 29.2 Å². The number of para-hydroxylation sites is 1. The van der Waals surface area contributed by atoms with Crippen LogP contribution in [0.15, 0.2) is 54.7 Å². The summed E-state index contributed by atoms with van der Waals surface area (Å²) in [5.41, 5.74) is -0.259. The molecule has 0 atom stereocenters. The number of hydrogen-bond donors (Lipinski definition) is 2. The highest BCUT2D eigenvalue weighted by molar-refractivity contribution is 6.31. The SMILES string of the molecule is O=C(CCc1c(C(=O)O)cnn1-c1ccccc1)Nc1ccc(Cl)c(C(F)(F)F)c1. The molecule has 0 fully saturated rings. The number of anilines is 1. The Bertz CT molecular complexity index is 1080. The highest BCUT2D eigenvalue weighted by Crippen LogP contribution is 2.36. The fourth-order valence-corrected chi connectivity index (χ4v) is 3.09. The quantitative estimate of drug-likeness (QED) is 0.579. The minimum atomic E-state index is -4.66. The van der Waals surface area contributed by atoms with E-state index >= 15 is 0 Å². The van der Waals surface area contributed by atoms with Crippen LogP contribution in [0.2, 0.25) is 5.02 Å². The number of rotatable bonds is 6. The molecule has 0 bridgehead atoms. The van der Waals surface area contributed by atoms with Crippen molar-refractivity contribution in [3.8, 4) is 5.69 Å². The third-order valence-electron chi connectivity index (χ3n) is 4.24. The lowest BCUT2D eigenvalue weighted by atomic mass is 10.1. The van der Waals surface area contributed by atoms with Crippen LogP contribution in [0, 0.1) is 0 Å². The second-order valence-electron chi connectivity index (χ2n) is 6.30. The maximum atomic E-state index is 13.0. The summed E-state index contributed by atoms with van der Waals surface area (Å²) < 4.78 is 40.3. The smallest absolute Gasteiger partial charge is 0.417 e. The third kappa shape index (κ3) is 4.80. The van der Waals surface area contributed by atoms with Crippen molar-refractivity contribution in [3.63, 3.8) is 0 Å². The summed E-state index contributed by atoms with van der Waals surface area (Å²) in [4.78, 5) is 23.8. The van der Waals surface area contributed by atoms with Gasteiger partial charge in [-0.3, -0.25) is 4.79 Å². The lowest BCUT2D eigenvalue weighted by Crippen LogP contribution is -2.16. The van der Waals surface area contributed by atoms with Crippen LogP contribution in [0.25, 0.3) is 5.69 Å². The lowest BCUT2D eigenvalue weighted by Gasteiger charge is -2.12. The maximum Gasteiger partial charge on any atom is 0.417 e. The number of hydrogen-bond acceptors (Lipinski definition) is 3. The molecule has 0 saturated heterocycles. The first kappa shape index (κ1) is 21.4. The molecule has 30 heavy (non-hydrogen) atoms. The summed E-state index contributed by atoms with van der Waals surface area (Å²) >= 11 is 5.57. The number of carbonyl (C=O) groups is 2. The molecule has 0 aliphatic rings. The Balaban J connectivity index is 1.77. The molecule has 0 unspecified atom stereocenters. The molecule has 2 aromatic carbocycles. The van der Waals surface area contributed by atoms with Gasteiger partial charge in [-0.05, 0) is 36.8 Å². The molecule has 3 rings (SSSR count). The molecule has 2 N–H and O–H groups in total. The van der Waals surface area contributed by atoms with Gasteiger partial charge in [-0.15, -0.1) is 0 Å². The number of amides is 1. The Morgan fingerprint density at radius 2 is 1.83 bits per heavy atom. The highest BCUT2D eigenvalue weighted by Gasteiger charge is 2.33. The molecule has 1 aromatic heterocycles. The van der Waals surface area contributed by atoms with E-state index in [1.807, 2.05) is 0 Å². The molecule has 3 aromatic rings. The van der Waals surface area contributed by atoms with Gasteiger partial charge in [0.15, 0.2) is 0 Å². The van der Waals surface area contributed by atoms with Gasteiger partial charge in [0.2, 0.25) is 5.91 Å². The summed E-state index contributed by atoms with van der Waals surface area (Å²) in [5, 5.41) is 15.4. The van der Waals surface area contributed by atoms with Crippen molar-refractivity contribution < 1.29 is 27.9 Å². The van der Waals surface area contributed by atoms with Crippen LogP contribution in [0.3, 0.4) is 0 Å². The number of nitrogens with one attached hydrogen (secondary N) is 1. The number of aromatic nitrogens is 2. The number of alkyl halides is 3. The minimum Gasteiger partial charge on any atom is -0.478 e. The standard InChI is InChI=1S/C20H15ClF3N3O3/c21-16-7-6-12(10-15(16)20(22,23)24)26-18(28)9-8-17-14(19(29)30)11-25-27(17)13-4-2-1-3-5-13/h1-7,10-11H,8-9H2,(H,26,28)(H,29,30). The van der Waals surface area contributed by atoms with Gasteiger partial charge in [-0.25, -0.2) is 9.48 Å². The van der Waals surface area contributed by atoms with E-state index in [-0.39, 0.29) is 24.1 Å². The number of benzene rings is 2. The van der Waals surface area contributed by atoms with Crippen molar-refractivity contribution in [1.82, 2.24) is 9.78 Å². The first-order valence-corrected chi connectivity index (χ1v) is 9.07. The van der Waals surface area contributed by atoms with E-state index in [0.717, 1.165) is 12.1 Å². The van der Waals surface area contributed by atoms with E-state index in [1.165, 1.54) is 16.9 Å². The zero-order valence-electron chi connectivity index (χ0n) is 15.3. The number of carboxylic acid groups (broad SMARTS) is 1. The van der Waals surface area contributed by atoms with E-state index in [4.69, 9.17) is 11.6 Å².